The number of benzene rings is 1. The molecule has 1 heteroatoms. The molecule has 24 heavy (non-hydrogen) atoms. The van der Waals surface area contributed by atoms with Crippen LogP contribution in [0.25, 0.3) is 11.3 Å². The Labute approximate surface area is 148 Å². The monoisotopic (exact) mass is 323 g/mol. The van der Waals surface area contributed by atoms with Crippen molar-refractivity contribution in [3.8, 4) is 11.3 Å². The second-order valence-electron chi connectivity index (χ2n) is 6.87. The first-order chi connectivity index (χ1) is 11.8. The molecule has 0 aliphatic heterocycles. The van der Waals surface area contributed by atoms with Crippen LogP contribution in [-0.2, 0) is 12.8 Å². The lowest BCUT2D eigenvalue weighted by molar-refractivity contribution is 0.632. The minimum Gasteiger partial charge on any atom is -0.256 e. The van der Waals surface area contributed by atoms with Gasteiger partial charge in [-0.05, 0) is 42.9 Å². The molecule has 0 N–H and O–H groups in total. The summed E-state index contributed by atoms with van der Waals surface area (Å²) in [6, 6.07) is 13.4. The molecule has 0 saturated carbocycles. The first kappa shape index (κ1) is 18.7. The topological polar surface area (TPSA) is 12.9 Å². The fraction of sp³-hybridized carbons (Fsp3) is 0.522. The van der Waals surface area contributed by atoms with Gasteiger partial charge in [0.15, 0.2) is 0 Å². The minimum absolute atomic E-state index is 1.09. The highest BCUT2D eigenvalue weighted by molar-refractivity contribution is 5.59. The zero-order valence-electron chi connectivity index (χ0n) is 15.6. The predicted octanol–water partition coefficient (Wildman–Crippen LogP) is 6.99. The highest BCUT2D eigenvalue weighted by Crippen LogP contribution is 2.19. The van der Waals surface area contributed by atoms with Crippen molar-refractivity contribution < 1.29 is 0 Å². The van der Waals surface area contributed by atoms with Crippen molar-refractivity contribution in [2.75, 3.05) is 0 Å². The zero-order chi connectivity index (χ0) is 17.0. The SMILES string of the molecule is CCCCCCCc1ccc(-c2ccc(CCCCC)cn2)cc1. The van der Waals surface area contributed by atoms with Crippen LogP contribution in [0.5, 0.6) is 0 Å². The maximum Gasteiger partial charge on any atom is 0.0702 e. The third kappa shape index (κ3) is 6.47. The van der Waals surface area contributed by atoms with Gasteiger partial charge in [-0.2, -0.15) is 0 Å². The molecule has 0 amide bonds. The van der Waals surface area contributed by atoms with Crippen molar-refractivity contribution in [2.24, 2.45) is 0 Å². The van der Waals surface area contributed by atoms with E-state index in [4.69, 9.17) is 0 Å². The molecule has 130 valence electrons. The Bertz CT molecular complexity index is 554. The lowest BCUT2D eigenvalue weighted by atomic mass is 10.0. The molecule has 0 unspecified atom stereocenters. The first-order valence-electron chi connectivity index (χ1n) is 9.87. The highest BCUT2D eigenvalue weighted by atomic mass is 14.7. The van der Waals surface area contributed by atoms with Crippen LogP contribution in [0.1, 0.15) is 76.3 Å². The molecule has 1 nitrogen and oxygen atoms in total. The van der Waals surface area contributed by atoms with Gasteiger partial charge in [0.05, 0.1) is 5.69 Å². The molecular formula is C23H33N. The lowest BCUT2D eigenvalue weighted by Gasteiger charge is -2.06. The van der Waals surface area contributed by atoms with Gasteiger partial charge in [-0.3, -0.25) is 4.98 Å². The Morgan fingerprint density at radius 3 is 1.88 bits per heavy atom. The molecule has 2 rings (SSSR count). The van der Waals surface area contributed by atoms with Crippen LogP contribution in [0.15, 0.2) is 42.6 Å². The van der Waals surface area contributed by atoms with Gasteiger partial charge in [0, 0.05) is 11.8 Å². The van der Waals surface area contributed by atoms with Crippen LogP contribution in [-0.4, -0.2) is 4.98 Å². The summed E-state index contributed by atoms with van der Waals surface area (Å²) in [5, 5.41) is 0. The fourth-order valence-corrected chi connectivity index (χ4v) is 3.10. The third-order valence-electron chi connectivity index (χ3n) is 4.71. The largest absolute Gasteiger partial charge is 0.256 e. The molecular weight excluding hydrogens is 290 g/mol. The van der Waals surface area contributed by atoms with Crippen molar-refractivity contribution in [3.63, 3.8) is 0 Å². The average Bonchev–Trinajstić information content (AvgIpc) is 2.63. The standard InChI is InChI=1S/C23H33N/c1-3-5-7-8-10-11-20-13-16-22(17-14-20)23-18-15-21(19-24-23)12-9-6-4-2/h13-19H,3-12H2,1-2H3. The van der Waals surface area contributed by atoms with E-state index in [2.05, 4.69) is 55.2 Å². The summed E-state index contributed by atoms with van der Waals surface area (Å²) in [5.41, 5.74) is 5.12. The molecule has 0 radical (unpaired) electrons. The van der Waals surface area contributed by atoms with E-state index in [1.165, 1.54) is 74.5 Å². The number of unbranched alkanes of at least 4 members (excludes halogenated alkanes) is 6. The number of aryl methyl sites for hydroxylation is 2. The highest BCUT2D eigenvalue weighted by Gasteiger charge is 2.01. The van der Waals surface area contributed by atoms with Crippen LogP contribution < -0.4 is 0 Å². The van der Waals surface area contributed by atoms with E-state index in [0.29, 0.717) is 0 Å². The fourth-order valence-electron chi connectivity index (χ4n) is 3.10. The van der Waals surface area contributed by atoms with Gasteiger partial charge in [-0.25, -0.2) is 0 Å². The average molecular weight is 324 g/mol. The summed E-state index contributed by atoms with van der Waals surface area (Å²) in [5.74, 6) is 0. The smallest absolute Gasteiger partial charge is 0.0702 e. The third-order valence-corrected chi connectivity index (χ3v) is 4.71. The van der Waals surface area contributed by atoms with E-state index in [1.54, 1.807) is 0 Å². The Morgan fingerprint density at radius 1 is 0.625 bits per heavy atom. The van der Waals surface area contributed by atoms with E-state index < -0.39 is 0 Å². The molecule has 1 aromatic carbocycles. The van der Waals surface area contributed by atoms with Crippen molar-refractivity contribution >= 4 is 0 Å². The summed E-state index contributed by atoms with van der Waals surface area (Å²) in [7, 11) is 0. The second kappa shape index (κ2) is 11.0. The lowest BCUT2D eigenvalue weighted by Crippen LogP contribution is -1.90. The van der Waals surface area contributed by atoms with E-state index in [1.807, 2.05) is 6.20 Å². The summed E-state index contributed by atoms with van der Waals surface area (Å²) in [6.07, 6.45) is 15.0. The van der Waals surface area contributed by atoms with Gasteiger partial charge in [0.2, 0.25) is 0 Å². The van der Waals surface area contributed by atoms with Gasteiger partial charge >= 0.3 is 0 Å². The van der Waals surface area contributed by atoms with Crippen molar-refractivity contribution in [3.05, 3.63) is 53.7 Å². The summed E-state index contributed by atoms with van der Waals surface area (Å²) >= 11 is 0. The number of nitrogens with zero attached hydrogens (tertiary/aromatic N) is 1. The number of hydrogen-bond acceptors (Lipinski definition) is 1. The van der Waals surface area contributed by atoms with Crippen molar-refractivity contribution in [1.29, 1.82) is 0 Å². The normalized spacial score (nSPS) is 10.9. The first-order valence-corrected chi connectivity index (χ1v) is 9.87. The molecule has 0 aliphatic rings. The molecule has 0 aliphatic carbocycles. The van der Waals surface area contributed by atoms with Gasteiger partial charge in [-0.1, -0.05) is 82.7 Å². The van der Waals surface area contributed by atoms with Crippen LogP contribution in [0, 0.1) is 0 Å². The Hall–Kier alpha value is -1.63. The summed E-state index contributed by atoms with van der Waals surface area (Å²) in [4.78, 5) is 4.65. The second-order valence-corrected chi connectivity index (χ2v) is 6.87. The van der Waals surface area contributed by atoms with Crippen LogP contribution >= 0.6 is 0 Å². The van der Waals surface area contributed by atoms with Crippen LogP contribution in [0.3, 0.4) is 0 Å². The van der Waals surface area contributed by atoms with Crippen molar-refractivity contribution in [2.45, 2.75) is 78.1 Å². The Morgan fingerprint density at radius 2 is 1.21 bits per heavy atom. The van der Waals surface area contributed by atoms with E-state index in [9.17, 15) is 0 Å². The molecule has 0 spiro atoms. The molecule has 2 aromatic rings. The molecule has 0 saturated heterocycles. The predicted molar refractivity (Wildman–Crippen MR) is 105 cm³/mol. The van der Waals surface area contributed by atoms with E-state index in [0.717, 1.165) is 12.1 Å². The number of hydrogen-bond donors (Lipinski definition) is 0. The molecule has 0 bridgehead atoms. The van der Waals surface area contributed by atoms with Crippen LogP contribution in [0.4, 0.5) is 0 Å². The number of rotatable bonds is 11. The quantitative estimate of drug-likeness (QED) is 0.406. The zero-order valence-corrected chi connectivity index (χ0v) is 15.6. The van der Waals surface area contributed by atoms with Crippen molar-refractivity contribution in [1.82, 2.24) is 4.98 Å². The maximum atomic E-state index is 4.65. The Balaban J connectivity index is 1.83. The van der Waals surface area contributed by atoms with E-state index >= 15 is 0 Å². The summed E-state index contributed by atoms with van der Waals surface area (Å²) in [6.45, 7) is 4.51. The van der Waals surface area contributed by atoms with Gasteiger partial charge in [0.25, 0.3) is 0 Å². The van der Waals surface area contributed by atoms with Gasteiger partial charge in [0.1, 0.15) is 0 Å². The van der Waals surface area contributed by atoms with E-state index in [-0.39, 0.29) is 0 Å². The van der Waals surface area contributed by atoms with Crippen LogP contribution in [0.2, 0.25) is 0 Å². The van der Waals surface area contributed by atoms with Gasteiger partial charge in [-0.15, -0.1) is 0 Å². The molecule has 1 heterocycles. The van der Waals surface area contributed by atoms with Gasteiger partial charge < -0.3 is 0 Å². The molecule has 1 aromatic heterocycles. The molecule has 0 fully saturated rings. The maximum absolute atomic E-state index is 4.65. The Kier molecular flexibility index (Phi) is 8.59. The summed E-state index contributed by atoms with van der Waals surface area (Å²) < 4.78 is 0. The molecule has 0 atom stereocenters. The number of aromatic nitrogens is 1. The minimum atomic E-state index is 1.09. The number of pyridine rings is 1.